The van der Waals surface area contributed by atoms with Gasteiger partial charge in [0.2, 0.25) is 0 Å². The Morgan fingerprint density at radius 1 is 1.26 bits per heavy atom. The summed E-state index contributed by atoms with van der Waals surface area (Å²) in [5, 5.41) is 20.0. The smallest absolute Gasteiger partial charge is 0.407 e. The first-order valence-electron chi connectivity index (χ1n) is 13.7. The standard InChI is InChI=1S/C29H37BrN6O3/c1-28(2,3)29(11-12-31)18-35(14-15-36(29)27(37)38)25-22-10-8-19-7-9-20(30)16-23(19)24(22)32-26(33-25)39-17-21-6-5-13-34(21)4/h7,9,16,21H,5-6,8,10-11,13-15,17-18H2,1-4H3,(H,37,38)/t21-,29+/m0/s1. The van der Waals surface area contributed by atoms with Gasteiger partial charge in [0.15, 0.2) is 0 Å². The van der Waals surface area contributed by atoms with Crippen molar-refractivity contribution in [2.24, 2.45) is 5.41 Å². The fraction of sp³-hybridized carbons (Fsp3) is 0.586. The number of likely N-dealkylation sites (tertiary alicyclic amines) is 1. The summed E-state index contributed by atoms with van der Waals surface area (Å²) in [6, 6.07) is 9.28. The third kappa shape index (κ3) is 5.07. The highest BCUT2D eigenvalue weighted by molar-refractivity contribution is 9.10. The molecule has 3 aliphatic rings. The van der Waals surface area contributed by atoms with Gasteiger partial charge in [0.25, 0.3) is 0 Å². The van der Waals surface area contributed by atoms with Gasteiger partial charge < -0.3 is 19.6 Å². The van der Waals surface area contributed by atoms with Crippen molar-refractivity contribution >= 4 is 27.8 Å². The van der Waals surface area contributed by atoms with Crippen LogP contribution in [0.2, 0.25) is 0 Å². The lowest BCUT2D eigenvalue weighted by molar-refractivity contribution is -0.00289. The van der Waals surface area contributed by atoms with Gasteiger partial charge >= 0.3 is 12.1 Å². The molecule has 1 aliphatic carbocycles. The number of nitrogens with zero attached hydrogens (tertiary/aromatic N) is 6. The summed E-state index contributed by atoms with van der Waals surface area (Å²) in [6.07, 6.45) is 3.00. The lowest BCUT2D eigenvalue weighted by Crippen LogP contribution is -2.69. The number of hydrogen-bond acceptors (Lipinski definition) is 7. The fourth-order valence-corrected chi connectivity index (χ4v) is 6.76. The van der Waals surface area contributed by atoms with Gasteiger partial charge in [-0.05, 0) is 62.4 Å². The number of likely N-dealkylation sites (N-methyl/N-ethyl adjacent to an activating group) is 1. The number of rotatable bonds is 5. The molecule has 0 unspecified atom stereocenters. The first-order chi connectivity index (χ1) is 18.5. The van der Waals surface area contributed by atoms with E-state index in [1.807, 2.05) is 20.8 Å². The second kappa shape index (κ2) is 10.6. The van der Waals surface area contributed by atoms with Crippen LogP contribution in [0.3, 0.4) is 0 Å². The second-order valence-corrected chi connectivity index (χ2v) is 12.9. The summed E-state index contributed by atoms with van der Waals surface area (Å²) < 4.78 is 7.26. The molecule has 0 radical (unpaired) electrons. The maximum absolute atomic E-state index is 12.4. The minimum absolute atomic E-state index is 0.0970. The van der Waals surface area contributed by atoms with Crippen molar-refractivity contribution in [1.29, 1.82) is 5.26 Å². The van der Waals surface area contributed by atoms with E-state index in [0.717, 1.165) is 59.3 Å². The van der Waals surface area contributed by atoms with Gasteiger partial charge in [0, 0.05) is 41.3 Å². The van der Waals surface area contributed by atoms with Crippen molar-refractivity contribution in [3.05, 3.63) is 33.8 Å². The number of anilines is 1. The number of fused-ring (bicyclic) bond motifs is 3. The maximum Gasteiger partial charge on any atom is 0.407 e. The van der Waals surface area contributed by atoms with Crippen molar-refractivity contribution in [3.63, 3.8) is 0 Å². The molecule has 1 aromatic carbocycles. The number of ether oxygens (including phenoxy) is 1. The summed E-state index contributed by atoms with van der Waals surface area (Å²) >= 11 is 3.63. The molecule has 1 amide bonds. The highest BCUT2D eigenvalue weighted by Gasteiger charge is 2.52. The molecule has 2 fully saturated rings. The van der Waals surface area contributed by atoms with Crippen LogP contribution in [-0.4, -0.2) is 82.4 Å². The van der Waals surface area contributed by atoms with Crippen LogP contribution in [0.25, 0.3) is 11.3 Å². The number of piperazine rings is 1. The molecule has 2 aliphatic heterocycles. The van der Waals surface area contributed by atoms with E-state index in [2.05, 4.69) is 57.0 Å². The number of aryl methyl sites for hydroxylation is 1. The zero-order valence-corrected chi connectivity index (χ0v) is 24.8. The van der Waals surface area contributed by atoms with Crippen LogP contribution in [0.4, 0.5) is 10.6 Å². The highest BCUT2D eigenvalue weighted by Crippen LogP contribution is 2.44. The van der Waals surface area contributed by atoms with Gasteiger partial charge in [-0.2, -0.15) is 15.2 Å². The van der Waals surface area contributed by atoms with Gasteiger partial charge in [-0.15, -0.1) is 0 Å². The topological polar surface area (TPSA) is 106 Å². The monoisotopic (exact) mass is 596 g/mol. The number of aromatic nitrogens is 2. The molecule has 10 heteroatoms. The predicted octanol–water partition coefficient (Wildman–Crippen LogP) is 4.98. The van der Waals surface area contributed by atoms with E-state index in [9.17, 15) is 15.2 Å². The Labute approximate surface area is 238 Å². The summed E-state index contributed by atoms with van der Waals surface area (Å²) in [4.78, 5) is 28.3. The van der Waals surface area contributed by atoms with Crippen molar-refractivity contribution in [2.45, 2.75) is 64.5 Å². The number of amides is 1. The van der Waals surface area contributed by atoms with Gasteiger partial charge in [-0.1, -0.05) is 42.8 Å². The Hall–Kier alpha value is -2.90. The van der Waals surface area contributed by atoms with Crippen LogP contribution >= 0.6 is 15.9 Å². The van der Waals surface area contributed by atoms with Crippen molar-refractivity contribution in [3.8, 4) is 23.3 Å². The molecule has 0 spiro atoms. The van der Waals surface area contributed by atoms with Crippen LogP contribution in [-0.2, 0) is 12.8 Å². The Morgan fingerprint density at radius 3 is 2.72 bits per heavy atom. The van der Waals surface area contributed by atoms with Gasteiger partial charge in [0.1, 0.15) is 12.4 Å². The Bertz CT molecular complexity index is 1310. The molecule has 0 saturated carbocycles. The Kier molecular flexibility index (Phi) is 7.51. The van der Waals surface area contributed by atoms with Gasteiger partial charge in [-0.25, -0.2) is 4.79 Å². The van der Waals surface area contributed by atoms with E-state index in [0.29, 0.717) is 31.7 Å². The highest BCUT2D eigenvalue weighted by atomic mass is 79.9. The average Bonchev–Trinajstić information content (AvgIpc) is 3.30. The molecule has 1 aromatic heterocycles. The molecule has 1 N–H and O–H groups in total. The van der Waals surface area contributed by atoms with Crippen LogP contribution in [0.5, 0.6) is 6.01 Å². The van der Waals surface area contributed by atoms with Gasteiger partial charge in [0.05, 0.1) is 23.7 Å². The predicted molar refractivity (Wildman–Crippen MR) is 153 cm³/mol. The average molecular weight is 598 g/mol. The minimum Gasteiger partial charge on any atom is -0.465 e. The summed E-state index contributed by atoms with van der Waals surface area (Å²) in [5.74, 6) is 0.789. The molecule has 2 atom stereocenters. The zero-order chi connectivity index (χ0) is 27.9. The fourth-order valence-electron chi connectivity index (χ4n) is 6.40. The Balaban J connectivity index is 1.59. The molecule has 208 valence electrons. The number of benzene rings is 1. The molecule has 2 aromatic rings. The van der Waals surface area contributed by atoms with E-state index in [4.69, 9.17) is 14.7 Å². The lowest BCUT2D eigenvalue weighted by atomic mass is 9.69. The normalized spacial score (nSPS) is 23.2. The van der Waals surface area contributed by atoms with E-state index in [1.54, 1.807) is 0 Å². The van der Waals surface area contributed by atoms with Crippen molar-refractivity contribution in [2.75, 3.05) is 44.7 Å². The largest absolute Gasteiger partial charge is 0.465 e. The zero-order valence-electron chi connectivity index (χ0n) is 23.2. The summed E-state index contributed by atoms with van der Waals surface area (Å²) in [7, 11) is 2.12. The SMILES string of the molecule is CN1CCC[C@H]1COc1nc2c(c(N3CCN(C(=O)O)[C@@](CC#N)(C(C)(C)C)C3)n1)CCc1ccc(Br)cc1-2. The first kappa shape index (κ1) is 27.7. The van der Waals surface area contributed by atoms with Gasteiger partial charge in [-0.3, -0.25) is 4.90 Å². The molecule has 39 heavy (non-hydrogen) atoms. The van der Waals surface area contributed by atoms with Crippen LogP contribution in [0.1, 0.15) is 51.2 Å². The molecule has 3 heterocycles. The quantitative estimate of drug-likeness (QED) is 0.515. The third-order valence-electron chi connectivity index (χ3n) is 8.87. The minimum atomic E-state index is -0.993. The molecule has 5 rings (SSSR count). The van der Waals surface area contributed by atoms with Crippen molar-refractivity contribution in [1.82, 2.24) is 19.8 Å². The van der Waals surface area contributed by atoms with Crippen LogP contribution in [0.15, 0.2) is 22.7 Å². The lowest BCUT2D eigenvalue weighted by Gasteiger charge is -2.55. The van der Waals surface area contributed by atoms with E-state index >= 15 is 0 Å². The number of nitriles is 1. The summed E-state index contributed by atoms with van der Waals surface area (Å²) in [6.45, 7) is 8.77. The third-order valence-corrected chi connectivity index (χ3v) is 9.37. The van der Waals surface area contributed by atoms with E-state index in [-0.39, 0.29) is 13.0 Å². The Morgan fingerprint density at radius 2 is 2.05 bits per heavy atom. The van der Waals surface area contributed by atoms with E-state index < -0.39 is 17.0 Å². The summed E-state index contributed by atoms with van der Waals surface area (Å²) in [5.41, 5.74) is 2.86. The molecule has 9 nitrogen and oxygen atoms in total. The van der Waals surface area contributed by atoms with Crippen LogP contribution < -0.4 is 9.64 Å². The van der Waals surface area contributed by atoms with Crippen molar-refractivity contribution < 1.29 is 14.6 Å². The number of hydrogen-bond donors (Lipinski definition) is 1. The van der Waals surface area contributed by atoms with E-state index in [1.165, 1.54) is 10.5 Å². The number of carboxylic acid groups (broad SMARTS) is 1. The first-order valence-corrected chi connectivity index (χ1v) is 14.5. The molecular weight excluding hydrogens is 560 g/mol. The molecule has 2 saturated heterocycles. The number of halogens is 1. The molecular formula is C29H37BrN6O3. The second-order valence-electron chi connectivity index (χ2n) is 12.0. The maximum atomic E-state index is 12.4. The number of carbonyl (C=O) groups is 1. The molecule has 0 bridgehead atoms. The van der Waals surface area contributed by atoms with Crippen LogP contribution in [0, 0.1) is 16.7 Å².